The van der Waals surface area contributed by atoms with Gasteiger partial charge in [0.05, 0.1) is 4.88 Å². The van der Waals surface area contributed by atoms with Crippen LogP contribution in [0, 0.1) is 5.92 Å². The van der Waals surface area contributed by atoms with E-state index in [0.717, 1.165) is 23.6 Å². The maximum atomic E-state index is 12.2. The first-order valence-corrected chi connectivity index (χ1v) is 9.78. The molecule has 2 amide bonds. The van der Waals surface area contributed by atoms with Crippen LogP contribution in [0.25, 0.3) is 6.08 Å². The number of carbonyl (C=O) groups excluding carboxylic acids is 2. The third-order valence-corrected chi connectivity index (χ3v) is 6.30. The molecule has 1 atom stereocenters. The van der Waals surface area contributed by atoms with Crippen molar-refractivity contribution in [2.24, 2.45) is 5.92 Å². The van der Waals surface area contributed by atoms with Gasteiger partial charge in [-0.25, -0.2) is 0 Å². The average molecular weight is 361 g/mol. The van der Waals surface area contributed by atoms with Gasteiger partial charge in [0.2, 0.25) is 0 Å². The number of carbonyl (C=O) groups is 2. The van der Waals surface area contributed by atoms with E-state index in [4.69, 9.17) is 0 Å². The van der Waals surface area contributed by atoms with Gasteiger partial charge in [-0.15, -0.1) is 22.7 Å². The van der Waals surface area contributed by atoms with Crippen LogP contribution < -0.4 is 10.9 Å². The maximum Gasteiger partial charge on any atom is 0.279 e. The molecule has 0 saturated carbocycles. The Hall–Kier alpha value is -1.92. The van der Waals surface area contributed by atoms with E-state index in [1.54, 1.807) is 17.4 Å². The molecule has 2 aromatic rings. The van der Waals surface area contributed by atoms with E-state index in [1.807, 2.05) is 23.6 Å². The number of hydrogen-bond acceptors (Lipinski definition) is 4. The number of fused-ring (bicyclic) bond motifs is 1. The highest BCUT2D eigenvalue weighted by molar-refractivity contribution is 7.14. The molecule has 0 fully saturated rings. The van der Waals surface area contributed by atoms with Crippen LogP contribution in [0.2, 0.25) is 0 Å². The summed E-state index contributed by atoms with van der Waals surface area (Å²) in [5.41, 5.74) is 6.22. The SMILES string of the molecule is CC[C@@H]1CCc2sc(C(=O)NNC(=O)/C=C/c3cccs3)cc2C1. The van der Waals surface area contributed by atoms with Gasteiger partial charge in [-0.3, -0.25) is 20.4 Å². The number of hydrogen-bond donors (Lipinski definition) is 2. The second-order valence-electron chi connectivity index (χ2n) is 5.87. The monoisotopic (exact) mass is 360 g/mol. The van der Waals surface area contributed by atoms with Gasteiger partial charge in [-0.2, -0.15) is 0 Å². The third kappa shape index (κ3) is 4.13. The van der Waals surface area contributed by atoms with Crippen molar-refractivity contribution in [3.8, 4) is 0 Å². The molecule has 1 aliphatic rings. The van der Waals surface area contributed by atoms with Crippen molar-refractivity contribution < 1.29 is 9.59 Å². The molecule has 2 aromatic heterocycles. The first-order chi connectivity index (χ1) is 11.7. The topological polar surface area (TPSA) is 58.2 Å². The Morgan fingerprint density at radius 1 is 1.38 bits per heavy atom. The molecule has 4 nitrogen and oxygen atoms in total. The summed E-state index contributed by atoms with van der Waals surface area (Å²) in [4.78, 5) is 26.9. The van der Waals surface area contributed by atoms with Gasteiger partial charge >= 0.3 is 0 Å². The molecule has 0 spiro atoms. The van der Waals surface area contributed by atoms with Crippen LogP contribution in [0.1, 0.15) is 44.8 Å². The minimum atomic E-state index is -0.343. The Balaban J connectivity index is 1.54. The van der Waals surface area contributed by atoms with Crippen molar-refractivity contribution in [2.75, 3.05) is 0 Å². The zero-order valence-electron chi connectivity index (χ0n) is 13.5. The molecule has 0 aromatic carbocycles. The van der Waals surface area contributed by atoms with Gasteiger partial charge in [0, 0.05) is 15.8 Å². The standard InChI is InChI=1S/C18H20N2O2S2/c1-2-12-5-7-15-13(10-12)11-16(24-15)18(22)20-19-17(21)8-6-14-4-3-9-23-14/h3-4,6,8-9,11-12H,2,5,7,10H2,1H3,(H,19,21)(H,20,22)/b8-6+/t12-/m1/s1. The van der Waals surface area contributed by atoms with Crippen LogP contribution in [-0.2, 0) is 17.6 Å². The van der Waals surface area contributed by atoms with Crippen molar-refractivity contribution in [3.63, 3.8) is 0 Å². The largest absolute Gasteiger partial charge is 0.279 e. The summed E-state index contributed by atoms with van der Waals surface area (Å²) >= 11 is 3.09. The molecule has 3 rings (SSSR count). The smallest absolute Gasteiger partial charge is 0.268 e. The Labute approximate surface area is 149 Å². The number of amides is 2. The van der Waals surface area contributed by atoms with Crippen LogP contribution in [0.15, 0.2) is 29.7 Å². The fourth-order valence-electron chi connectivity index (χ4n) is 2.83. The lowest BCUT2D eigenvalue weighted by molar-refractivity contribution is -0.117. The quantitative estimate of drug-likeness (QED) is 0.644. The van der Waals surface area contributed by atoms with Gasteiger partial charge in [0.15, 0.2) is 0 Å². The molecule has 0 saturated heterocycles. The van der Waals surface area contributed by atoms with E-state index >= 15 is 0 Å². The van der Waals surface area contributed by atoms with Crippen LogP contribution in [0.4, 0.5) is 0 Å². The predicted molar refractivity (Wildman–Crippen MR) is 99.1 cm³/mol. The van der Waals surface area contributed by atoms with Crippen molar-refractivity contribution in [1.82, 2.24) is 10.9 Å². The minimum Gasteiger partial charge on any atom is -0.268 e. The van der Waals surface area contributed by atoms with Crippen molar-refractivity contribution >= 4 is 40.6 Å². The molecule has 0 bridgehead atoms. The van der Waals surface area contributed by atoms with Crippen LogP contribution in [0.3, 0.4) is 0 Å². The summed E-state index contributed by atoms with van der Waals surface area (Å²) in [7, 11) is 0. The number of aryl methyl sites for hydroxylation is 1. The van der Waals surface area contributed by atoms with Crippen molar-refractivity contribution in [2.45, 2.75) is 32.6 Å². The van der Waals surface area contributed by atoms with Gasteiger partial charge in [0.25, 0.3) is 11.8 Å². The van der Waals surface area contributed by atoms with Crippen LogP contribution in [-0.4, -0.2) is 11.8 Å². The Bertz CT molecular complexity index is 747. The summed E-state index contributed by atoms with van der Waals surface area (Å²) in [6, 6.07) is 5.82. The first-order valence-electron chi connectivity index (χ1n) is 8.09. The molecule has 0 radical (unpaired) electrons. The van der Waals surface area contributed by atoms with Gasteiger partial charge in [-0.05, 0) is 54.3 Å². The van der Waals surface area contributed by atoms with E-state index in [-0.39, 0.29) is 11.8 Å². The molecule has 0 unspecified atom stereocenters. The van der Waals surface area contributed by atoms with Crippen LogP contribution >= 0.6 is 22.7 Å². The summed E-state index contributed by atoms with van der Waals surface area (Å²) in [5.74, 6) is 0.134. The fraction of sp³-hybridized carbons (Fsp3) is 0.333. The van der Waals surface area contributed by atoms with Crippen molar-refractivity contribution in [1.29, 1.82) is 0 Å². The molecular formula is C18H20N2O2S2. The lowest BCUT2D eigenvalue weighted by atomic mass is 9.87. The highest BCUT2D eigenvalue weighted by Gasteiger charge is 2.22. The number of hydrazine groups is 1. The lowest BCUT2D eigenvalue weighted by Gasteiger charge is -2.19. The third-order valence-electron chi connectivity index (χ3n) is 4.23. The summed E-state index contributed by atoms with van der Waals surface area (Å²) in [6.45, 7) is 2.22. The van der Waals surface area contributed by atoms with Gasteiger partial charge in [0.1, 0.15) is 0 Å². The summed E-state index contributed by atoms with van der Waals surface area (Å²) in [6.07, 6.45) is 7.64. The fourth-order valence-corrected chi connectivity index (χ4v) is 4.55. The molecule has 126 valence electrons. The van der Waals surface area contributed by atoms with Crippen LogP contribution in [0.5, 0.6) is 0 Å². The summed E-state index contributed by atoms with van der Waals surface area (Å²) in [5, 5.41) is 1.95. The molecule has 0 aliphatic heterocycles. The highest BCUT2D eigenvalue weighted by Crippen LogP contribution is 2.33. The maximum absolute atomic E-state index is 12.2. The number of nitrogens with one attached hydrogen (secondary N) is 2. The summed E-state index contributed by atoms with van der Waals surface area (Å²) < 4.78 is 0. The molecule has 6 heteroatoms. The van der Waals surface area contributed by atoms with E-state index < -0.39 is 0 Å². The van der Waals surface area contributed by atoms with Gasteiger partial charge < -0.3 is 0 Å². The molecule has 1 aliphatic carbocycles. The molecule has 24 heavy (non-hydrogen) atoms. The Morgan fingerprint density at radius 3 is 3.00 bits per heavy atom. The zero-order valence-corrected chi connectivity index (χ0v) is 15.1. The first kappa shape index (κ1) is 16.9. The normalized spacial score (nSPS) is 16.8. The van der Waals surface area contributed by atoms with Crippen molar-refractivity contribution in [3.05, 3.63) is 49.9 Å². The zero-order chi connectivity index (χ0) is 16.9. The second-order valence-corrected chi connectivity index (χ2v) is 7.98. The molecule has 2 heterocycles. The molecular weight excluding hydrogens is 340 g/mol. The Morgan fingerprint density at radius 2 is 2.25 bits per heavy atom. The number of rotatable bonds is 4. The minimum absolute atomic E-state index is 0.250. The highest BCUT2D eigenvalue weighted by atomic mass is 32.1. The second kappa shape index (κ2) is 7.77. The predicted octanol–water partition coefficient (Wildman–Crippen LogP) is 3.80. The number of thiophene rings is 2. The van der Waals surface area contributed by atoms with E-state index in [2.05, 4.69) is 17.8 Å². The van der Waals surface area contributed by atoms with E-state index in [0.29, 0.717) is 4.88 Å². The lowest BCUT2D eigenvalue weighted by Crippen LogP contribution is -2.40. The average Bonchev–Trinajstić information content (AvgIpc) is 3.26. The van der Waals surface area contributed by atoms with Gasteiger partial charge in [-0.1, -0.05) is 19.4 Å². The van der Waals surface area contributed by atoms with E-state index in [9.17, 15) is 9.59 Å². The van der Waals surface area contributed by atoms with E-state index in [1.165, 1.54) is 40.7 Å². The molecule has 2 N–H and O–H groups in total. The Kier molecular flexibility index (Phi) is 5.48.